The van der Waals surface area contributed by atoms with E-state index < -0.39 is 15.8 Å². The van der Waals surface area contributed by atoms with Crippen molar-refractivity contribution in [1.29, 1.82) is 0 Å². The monoisotopic (exact) mass is 450 g/mol. The normalized spacial score (nSPS) is 17.2. The summed E-state index contributed by atoms with van der Waals surface area (Å²) < 4.78 is 11.7. The van der Waals surface area contributed by atoms with Crippen LogP contribution in [0.1, 0.15) is 11.1 Å². The van der Waals surface area contributed by atoms with Gasteiger partial charge in [-0.25, -0.2) is 0 Å². The average Bonchev–Trinajstić information content (AvgIpc) is 3.32. The van der Waals surface area contributed by atoms with E-state index in [1.165, 1.54) is 17.3 Å². The summed E-state index contributed by atoms with van der Waals surface area (Å²) >= 11 is 0.980. The van der Waals surface area contributed by atoms with Crippen molar-refractivity contribution in [2.24, 2.45) is 4.99 Å². The predicted octanol–water partition coefficient (Wildman–Crippen LogP) is 3.57. The Balaban J connectivity index is 1.28. The quantitative estimate of drug-likeness (QED) is 0.449. The zero-order valence-electron chi connectivity index (χ0n) is 14.7. The summed E-state index contributed by atoms with van der Waals surface area (Å²) in [4.78, 5) is 21.6. The van der Waals surface area contributed by atoms with Crippen molar-refractivity contribution >= 4 is 54.2 Å². The Hall–Kier alpha value is -2.56. The number of ether oxygens (including phenoxy) is 2. The second-order valence-electron chi connectivity index (χ2n) is 6.33. The Bertz CT molecular complexity index is 1160. The average molecular weight is 450 g/mol. The van der Waals surface area contributed by atoms with E-state index in [0.29, 0.717) is 4.91 Å². The van der Waals surface area contributed by atoms with E-state index >= 15 is 0 Å². The number of pyridine rings is 1. The first-order chi connectivity index (χ1) is 13.7. The number of thioether (sulfide) groups is 1. The SMILES string of the molecule is O=C1N=C([AsH]Cc2ccc3c(c2)OCO3)S/C1=C\c1ccc2ncccc2c1. The molecule has 0 radical (unpaired) electrons. The van der Waals surface area contributed by atoms with E-state index in [0.717, 1.165) is 37.0 Å². The fraction of sp³-hybridized carbons (Fsp3) is 0.0952. The predicted molar refractivity (Wildman–Crippen MR) is 113 cm³/mol. The van der Waals surface area contributed by atoms with Crippen LogP contribution in [0.2, 0.25) is 0 Å². The third kappa shape index (κ3) is 3.58. The summed E-state index contributed by atoms with van der Waals surface area (Å²) in [6.07, 6.45) is 3.70. The number of aromatic nitrogens is 1. The van der Waals surface area contributed by atoms with Crippen molar-refractivity contribution in [2.45, 2.75) is 5.21 Å². The Morgan fingerprint density at radius 1 is 1.11 bits per heavy atom. The molecular weight excluding hydrogens is 435 g/mol. The molecule has 28 heavy (non-hydrogen) atoms. The van der Waals surface area contributed by atoms with Gasteiger partial charge in [-0.3, -0.25) is 0 Å². The van der Waals surface area contributed by atoms with Gasteiger partial charge in [-0.15, -0.1) is 0 Å². The van der Waals surface area contributed by atoms with Crippen LogP contribution in [-0.2, 0) is 10.0 Å². The van der Waals surface area contributed by atoms with Crippen LogP contribution in [0.25, 0.3) is 17.0 Å². The zero-order chi connectivity index (χ0) is 18.9. The number of hydrogen-bond acceptors (Lipinski definition) is 5. The maximum absolute atomic E-state index is 12.3. The maximum atomic E-state index is 12.3. The molecular formula is C21H15AsN2O3S. The second-order valence-corrected chi connectivity index (χ2v) is 10.6. The van der Waals surface area contributed by atoms with Crippen LogP contribution in [-0.4, -0.2) is 37.3 Å². The number of rotatable bonds is 4. The third-order valence-corrected chi connectivity index (χ3v) is 8.71. The summed E-state index contributed by atoms with van der Waals surface area (Å²) in [5, 5.41) is 1.98. The first-order valence-corrected chi connectivity index (χ1v) is 12.1. The van der Waals surface area contributed by atoms with Gasteiger partial charge in [0, 0.05) is 0 Å². The fourth-order valence-corrected chi connectivity index (χ4v) is 6.89. The van der Waals surface area contributed by atoms with Crippen LogP contribution < -0.4 is 9.47 Å². The minimum atomic E-state index is -0.529. The van der Waals surface area contributed by atoms with Crippen LogP contribution in [0, 0.1) is 0 Å². The Morgan fingerprint density at radius 2 is 2.04 bits per heavy atom. The van der Waals surface area contributed by atoms with Crippen LogP contribution in [0.3, 0.4) is 0 Å². The molecule has 1 unspecified atom stereocenters. The molecule has 0 aliphatic carbocycles. The van der Waals surface area contributed by atoms with Crippen LogP contribution in [0.4, 0.5) is 0 Å². The van der Waals surface area contributed by atoms with Crippen molar-refractivity contribution in [3.8, 4) is 11.5 Å². The van der Waals surface area contributed by atoms with Crippen LogP contribution in [0.15, 0.2) is 64.6 Å². The molecule has 2 aromatic carbocycles. The van der Waals surface area contributed by atoms with Crippen LogP contribution >= 0.6 is 11.8 Å². The number of aliphatic imine (C=N–C) groups is 1. The number of carbonyl (C=O) groups excluding carboxylic acids is 1. The van der Waals surface area contributed by atoms with Gasteiger partial charge in [0.25, 0.3) is 0 Å². The zero-order valence-corrected chi connectivity index (χ0v) is 17.6. The van der Waals surface area contributed by atoms with Gasteiger partial charge in [-0.1, -0.05) is 0 Å². The number of hydrogen-bond donors (Lipinski definition) is 0. The Labute approximate surface area is 172 Å². The van der Waals surface area contributed by atoms with E-state index in [1.54, 1.807) is 6.20 Å². The standard InChI is InChI=1S/C21H15AsN2O3S/c25-20-19(10-13-3-5-16-15(8-13)2-1-7-23-16)28-21(24-20)22-11-14-4-6-17-18(9-14)27-12-26-17/h1-10,22H,11-12H2/b19-10-. The molecule has 7 heteroatoms. The molecule has 5 rings (SSSR count). The minimum absolute atomic E-state index is 0.138. The van der Waals surface area contributed by atoms with Crippen molar-refractivity contribution in [3.05, 3.63) is 70.8 Å². The molecule has 3 heterocycles. The molecule has 0 spiro atoms. The van der Waals surface area contributed by atoms with Crippen molar-refractivity contribution in [3.63, 3.8) is 0 Å². The number of amides is 1. The molecule has 1 atom stereocenters. The molecule has 138 valence electrons. The summed E-state index contributed by atoms with van der Waals surface area (Å²) in [5.74, 6) is 1.45. The molecule has 1 amide bonds. The summed E-state index contributed by atoms with van der Waals surface area (Å²) in [7, 11) is 0. The van der Waals surface area contributed by atoms with E-state index in [4.69, 9.17) is 9.47 Å². The van der Waals surface area contributed by atoms with Crippen molar-refractivity contribution in [2.75, 3.05) is 6.79 Å². The first kappa shape index (κ1) is 17.5. The number of carbonyl (C=O) groups is 1. The summed E-state index contributed by atoms with van der Waals surface area (Å²) in [6.45, 7) is 0.283. The van der Waals surface area contributed by atoms with E-state index in [2.05, 4.69) is 16.0 Å². The Morgan fingerprint density at radius 3 is 3.00 bits per heavy atom. The molecule has 5 nitrogen and oxygen atoms in total. The number of benzene rings is 2. The van der Waals surface area contributed by atoms with Gasteiger partial charge in [0.1, 0.15) is 0 Å². The van der Waals surface area contributed by atoms with E-state index in [1.807, 2.05) is 48.5 Å². The van der Waals surface area contributed by atoms with Gasteiger partial charge in [-0.2, -0.15) is 0 Å². The second kappa shape index (κ2) is 7.45. The van der Waals surface area contributed by atoms with Gasteiger partial charge < -0.3 is 0 Å². The molecule has 0 saturated heterocycles. The molecule has 3 aromatic rings. The number of fused-ring (bicyclic) bond motifs is 2. The van der Waals surface area contributed by atoms with E-state index in [-0.39, 0.29) is 12.7 Å². The third-order valence-electron chi connectivity index (χ3n) is 4.43. The van der Waals surface area contributed by atoms with Gasteiger partial charge >= 0.3 is 173 Å². The molecule has 0 fully saturated rings. The molecule has 0 N–H and O–H groups in total. The summed E-state index contributed by atoms with van der Waals surface area (Å²) in [6, 6.07) is 16.0. The van der Waals surface area contributed by atoms with Crippen LogP contribution in [0.5, 0.6) is 11.5 Å². The van der Waals surface area contributed by atoms with Crippen molar-refractivity contribution < 1.29 is 14.3 Å². The molecule has 0 bridgehead atoms. The van der Waals surface area contributed by atoms with Gasteiger partial charge in [0.15, 0.2) is 0 Å². The van der Waals surface area contributed by atoms with Crippen molar-refractivity contribution in [1.82, 2.24) is 4.98 Å². The first-order valence-electron chi connectivity index (χ1n) is 8.74. The topological polar surface area (TPSA) is 60.8 Å². The molecule has 1 aromatic heterocycles. The van der Waals surface area contributed by atoms with Gasteiger partial charge in [0.05, 0.1) is 0 Å². The molecule has 2 aliphatic rings. The van der Waals surface area contributed by atoms with Gasteiger partial charge in [-0.05, 0) is 0 Å². The Kier molecular flexibility index (Phi) is 4.67. The fourth-order valence-electron chi connectivity index (χ4n) is 3.05. The van der Waals surface area contributed by atoms with E-state index in [9.17, 15) is 4.79 Å². The summed E-state index contributed by atoms with van der Waals surface area (Å²) in [5.41, 5.74) is 3.13. The number of nitrogens with zero attached hydrogens (tertiary/aromatic N) is 2. The van der Waals surface area contributed by atoms with Gasteiger partial charge in [0.2, 0.25) is 0 Å². The molecule has 2 aliphatic heterocycles. The molecule has 0 saturated carbocycles.